The van der Waals surface area contributed by atoms with Crippen molar-refractivity contribution in [1.82, 2.24) is 4.90 Å². The second-order valence-electron chi connectivity index (χ2n) is 6.18. The summed E-state index contributed by atoms with van der Waals surface area (Å²) in [5.41, 5.74) is 3.06. The number of piperidine rings is 1. The maximum Gasteiger partial charge on any atom is 0.253 e. The molecule has 3 rings (SSSR count). The molecule has 0 aromatic heterocycles. The first kappa shape index (κ1) is 15.8. The molecule has 23 heavy (non-hydrogen) atoms. The van der Waals surface area contributed by atoms with Crippen molar-refractivity contribution in [2.75, 3.05) is 13.1 Å². The van der Waals surface area contributed by atoms with Gasteiger partial charge in [-0.1, -0.05) is 48.0 Å². The predicted molar refractivity (Wildman–Crippen MR) is 91.3 cm³/mol. The van der Waals surface area contributed by atoms with E-state index in [0.717, 1.165) is 30.5 Å². The minimum Gasteiger partial charge on any atom is -0.372 e. The number of carbonyl (C=O) groups excluding carboxylic acids is 1. The summed E-state index contributed by atoms with van der Waals surface area (Å²) in [6.07, 6.45) is 2.14. The second kappa shape index (κ2) is 7.42. The molecule has 1 unspecified atom stereocenters. The third-order valence-electron chi connectivity index (χ3n) is 4.26. The van der Waals surface area contributed by atoms with Crippen LogP contribution < -0.4 is 0 Å². The van der Waals surface area contributed by atoms with Gasteiger partial charge in [-0.3, -0.25) is 4.79 Å². The lowest BCUT2D eigenvalue weighted by atomic mass is 10.1. The molecular weight excluding hydrogens is 286 g/mol. The van der Waals surface area contributed by atoms with Crippen molar-refractivity contribution in [2.24, 2.45) is 0 Å². The number of carbonyl (C=O) groups is 1. The molecule has 0 bridgehead atoms. The molecule has 1 saturated heterocycles. The number of likely N-dealkylation sites (tertiary alicyclic amines) is 1. The highest BCUT2D eigenvalue weighted by Crippen LogP contribution is 2.18. The molecule has 1 heterocycles. The summed E-state index contributed by atoms with van der Waals surface area (Å²) in [6.45, 7) is 4.12. The largest absolute Gasteiger partial charge is 0.372 e. The Labute approximate surface area is 137 Å². The molecule has 0 radical (unpaired) electrons. The van der Waals surface area contributed by atoms with Gasteiger partial charge in [-0.15, -0.1) is 0 Å². The van der Waals surface area contributed by atoms with E-state index in [2.05, 4.69) is 12.1 Å². The van der Waals surface area contributed by atoms with Crippen LogP contribution in [0.5, 0.6) is 0 Å². The highest BCUT2D eigenvalue weighted by molar-refractivity contribution is 5.94. The molecule has 0 aliphatic carbocycles. The van der Waals surface area contributed by atoms with E-state index in [-0.39, 0.29) is 12.0 Å². The van der Waals surface area contributed by atoms with Crippen molar-refractivity contribution in [3.05, 3.63) is 71.3 Å². The highest BCUT2D eigenvalue weighted by Gasteiger charge is 2.25. The smallest absolute Gasteiger partial charge is 0.253 e. The van der Waals surface area contributed by atoms with Gasteiger partial charge >= 0.3 is 0 Å². The lowest BCUT2D eigenvalue weighted by Gasteiger charge is -2.32. The monoisotopic (exact) mass is 309 g/mol. The van der Waals surface area contributed by atoms with Crippen molar-refractivity contribution in [3.8, 4) is 0 Å². The molecule has 0 N–H and O–H groups in total. The number of rotatable bonds is 4. The Morgan fingerprint density at radius 3 is 2.78 bits per heavy atom. The third-order valence-corrected chi connectivity index (χ3v) is 4.26. The summed E-state index contributed by atoms with van der Waals surface area (Å²) in [5, 5.41) is 0. The van der Waals surface area contributed by atoms with E-state index in [1.807, 2.05) is 54.3 Å². The van der Waals surface area contributed by atoms with E-state index < -0.39 is 0 Å². The van der Waals surface area contributed by atoms with E-state index in [1.54, 1.807) is 0 Å². The van der Waals surface area contributed by atoms with Crippen LogP contribution in [0.3, 0.4) is 0 Å². The first-order valence-electron chi connectivity index (χ1n) is 8.24. The molecule has 120 valence electrons. The topological polar surface area (TPSA) is 29.5 Å². The Balaban J connectivity index is 1.58. The quantitative estimate of drug-likeness (QED) is 0.859. The fourth-order valence-electron chi connectivity index (χ4n) is 3.01. The van der Waals surface area contributed by atoms with Crippen molar-refractivity contribution >= 4 is 5.91 Å². The van der Waals surface area contributed by atoms with Crippen LogP contribution in [0.1, 0.15) is 34.3 Å². The zero-order chi connectivity index (χ0) is 16.1. The van der Waals surface area contributed by atoms with E-state index in [9.17, 15) is 4.79 Å². The zero-order valence-corrected chi connectivity index (χ0v) is 13.6. The fourth-order valence-corrected chi connectivity index (χ4v) is 3.01. The highest BCUT2D eigenvalue weighted by atomic mass is 16.5. The molecule has 3 nitrogen and oxygen atoms in total. The number of nitrogens with zero attached hydrogens (tertiary/aromatic N) is 1. The summed E-state index contributed by atoms with van der Waals surface area (Å²) in [4.78, 5) is 14.6. The van der Waals surface area contributed by atoms with Crippen LogP contribution in [-0.4, -0.2) is 30.0 Å². The van der Waals surface area contributed by atoms with Gasteiger partial charge in [0.2, 0.25) is 0 Å². The molecule has 1 amide bonds. The number of amides is 1. The Morgan fingerprint density at radius 1 is 1.17 bits per heavy atom. The second-order valence-corrected chi connectivity index (χ2v) is 6.18. The van der Waals surface area contributed by atoms with Gasteiger partial charge in [0.25, 0.3) is 5.91 Å². The van der Waals surface area contributed by atoms with Crippen LogP contribution in [0.2, 0.25) is 0 Å². The summed E-state index contributed by atoms with van der Waals surface area (Å²) < 4.78 is 6.02. The van der Waals surface area contributed by atoms with Crippen LogP contribution in [0.4, 0.5) is 0 Å². The molecular formula is C20H23NO2. The standard InChI is InChI=1S/C20H23NO2/c1-16-7-5-10-18(13-16)20(22)21-12-6-11-19(14-21)23-15-17-8-3-2-4-9-17/h2-5,7-10,13,19H,6,11-12,14-15H2,1H3. The van der Waals surface area contributed by atoms with Gasteiger partial charge in [0.05, 0.1) is 12.7 Å². The predicted octanol–water partition coefficient (Wildman–Crippen LogP) is 3.82. The van der Waals surface area contributed by atoms with Gasteiger partial charge in [-0.25, -0.2) is 0 Å². The minimum absolute atomic E-state index is 0.113. The van der Waals surface area contributed by atoms with Gasteiger partial charge < -0.3 is 9.64 Å². The molecule has 1 aliphatic heterocycles. The van der Waals surface area contributed by atoms with E-state index in [0.29, 0.717) is 13.2 Å². The van der Waals surface area contributed by atoms with E-state index in [4.69, 9.17) is 4.74 Å². The SMILES string of the molecule is Cc1cccc(C(=O)N2CCCC(OCc3ccccc3)C2)c1. The molecule has 1 aliphatic rings. The molecule has 0 saturated carbocycles. The molecule has 2 aromatic rings. The minimum atomic E-state index is 0.113. The van der Waals surface area contributed by atoms with E-state index in [1.165, 1.54) is 5.56 Å². The van der Waals surface area contributed by atoms with Gasteiger partial charge in [0.1, 0.15) is 0 Å². The Kier molecular flexibility index (Phi) is 5.09. The van der Waals surface area contributed by atoms with Gasteiger partial charge in [0.15, 0.2) is 0 Å². The summed E-state index contributed by atoms with van der Waals surface area (Å²) in [7, 11) is 0. The molecule has 0 spiro atoms. The Hall–Kier alpha value is -2.13. The maximum atomic E-state index is 12.6. The average Bonchev–Trinajstić information content (AvgIpc) is 2.60. The third kappa shape index (κ3) is 4.20. The van der Waals surface area contributed by atoms with Crippen molar-refractivity contribution < 1.29 is 9.53 Å². The maximum absolute atomic E-state index is 12.6. The number of hydrogen-bond acceptors (Lipinski definition) is 2. The van der Waals surface area contributed by atoms with Crippen LogP contribution in [0.25, 0.3) is 0 Å². The number of hydrogen-bond donors (Lipinski definition) is 0. The van der Waals surface area contributed by atoms with E-state index >= 15 is 0 Å². The van der Waals surface area contributed by atoms with Crippen LogP contribution >= 0.6 is 0 Å². The Bertz CT molecular complexity index is 654. The van der Waals surface area contributed by atoms with Crippen molar-refractivity contribution in [2.45, 2.75) is 32.5 Å². The lowest BCUT2D eigenvalue weighted by molar-refractivity contribution is -0.00672. The van der Waals surface area contributed by atoms with Crippen molar-refractivity contribution in [3.63, 3.8) is 0 Å². The molecule has 3 heteroatoms. The lowest BCUT2D eigenvalue weighted by Crippen LogP contribution is -2.43. The van der Waals surface area contributed by atoms with Crippen LogP contribution in [0.15, 0.2) is 54.6 Å². The zero-order valence-electron chi connectivity index (χ0n) is 13.6. The normalized spacial score (nSPS) is 18.0. The number of aryl methyl sites for hydroxylation is 1. The fraction of sp³-hybridized carbons (Fsp3) is 0.350. The molecule has 1 atom stereocenters. The van der Waals surface area contributed by atoms with Crippen molar-refractivity contribution in [1.29, 1.82) is 0 Å². The van der Waals surface area contributed by atoms with Gasteiger partial charge in [0, 0.05) is 18.7 Å². The number of benzene rings is 2. The summed E-state index contributed by atoms with van der Waals surface area (Å²) in [6, 6.07) is 18.0. The van der Waals surface area contributed by atoms with Crippen LogP contribution in [0, 0.1) is 6.92 Å². The van der Waals surface area contributed by atoms with Gasteiger partial charge in [-0.05, 0) is 37.5 Å². The van der Waals surface area contributed by atoms with Crippen LogP contribution in [-0.2, 0) is 11.3 Å². The first-order valence-corrected chi connectivity index (χ1v) is 8.24. The van der Waals surface area contributed by atoms with Gasteiger partial charge in [-0.2, -0.15) is 0 Å². The Morgan fingerprint density at radius 2 is 2.00 bits per heavy atom. The number of ether oxygens (including phenoxy) is 1. The molecule has 1 fully saturated rings. The summed E-state index contributed by atoms with van der Waals surface area (Å²) in [5.74, 6) is 0.113. The summed E-state index contributed by atoms with van der Waals surface area (Å²) >= 11 is 0. The first-order chi connectivity index (χ1) is 11.2. The average molecular weight is 309 g/mol. The molecule has 2 aromatic carbocycles.